The van der Waals surface area contributed by atoms with E-state index in [-0.39, 0.29) is 18.6 Å². The first kappa shape index (κ1) is 13.1. The van der Waals surface area contributed by atoms with Gasteiger partial charge >= 0.3 is 0 Å². The van der Waals surface area contributed by atoms with Gasteiger partial charge in [-0.1, -0.05) is 19.1 Å². The molecule has 1 saturated heterocycles. The van der Waals surface area contributed by atoms with Crippen LogP contribution in [0.2, 0.25) is 0 Å². The van der Waals surface area contributed by atoms with Gasteiger partial charge in [-0.05, 0) is 43.0 Å². The fourth-order valence-corrected chi connectivity index (χ4v) is 2.23. The number of hydrogen-bond donors (Lipinski definition) is 3. The van der Waals surface area contributed by atoms with Gasteiger partial charge in [0.2, 0.25) is 5.91 Å². The number of aliphatic hydroxyl groups is 1. The Hall–Kier alpha value is -1.39. The monoisotopic (exact) mass is 248 g/mol. The Labute approximate surface area is 107 Å². The summed E-state index contributed by atoms with van der Waals surface area (Å²) >= 11 is 0. The van der Waals surface area contributed by atoms with Gasteiger partial charge in [-0.15, -0.1) is 0 Å². The van der Waals surface area contributed by atoms with Crippen molar-refractivity contribution in [2.75, 3.05) is 11.9 Å². The lowest BCUT2D eigenvalue weighted by Gasteiger charge is -2.27. The number of anilines is 1. The van der Waals surface area contributed by atoms with Crippen LogP contribution in [0.4, 0.5) is 5.69 Å². The molecule has 1 aliphatic rings. The van der Waals surface area contributed by atoms with E-state index in [9.17, 15) is 4.79 Å². The normalized spacial score (nSPS) is 23.7. The van der Waals surface area contributed by atoms with Crippen LogP contribution >= 0.6 is 0 Å². The first-order valence-electron chi connectivity index (χ1n) is 6.43. The number of rotatable bonds is 3. The molecule has 1 heterocycles. The molecule has 0 aliphatic carbocycles. The van der Waals surface area contributed by atoms with Crippen LogP contribution in [0.3, 0.4) is 0 Å². The van der Waals surface area contributed by atoms with E-state index >= 15 is 0 Å². The predicted molar refractivity (Wildman–Crippen MR) is 71.2 cm³/mol. The third kappa shape index (κ3) is 3.31. The van der Waals surface area contributed by atoms with Crippen LogP contribution < -0.4 is 10.6 Å². The second kappa shape index (κ2) is 5.98. The molecule has 1 aromatic carbocycles. The van der Waals surface area contributed by atoms with Crippen molar-refractivity contribution in [2.24, 2.45) is 5.92 Å². The molecular formula is C14H20N2O2. The van der Waals surface area contributed by atoms with E-state index in [4.69, 9.17) is 5.11 Å². The molecule has 1 aliphatic heterocycles. The number of hydrogen-bond acceptors (Lipinski definition) is 3. The molecule has 0 radical (unpaired) electrons. The molecule has 0 spiro atoms. The molecule has 0 aromatic heterocycles. The predicted octanol–water partition coefficient (Wildman–Crippen LogP) is 1.51. The number of aliphatic hydroxyl groups excluding tert-OH is 1. The van der Waals surface area contributed by atoms with Crippen molar-refractivity contribution in [3.63, 3.8) is 0 Å². The summed E-state index contributed by atoms with van der Waals surface area (Å²) in [5.41, 5.74) is 1.62. The maximum Gasteiger partial charge on any atom is 0.241 e. The number of benzene rings is 1. The number of carbonyl (C=O) groups is 1. The number of nitrogens with one attached hydrogen (secondary N) is 2. The van der Waals surface area contributed by atoms with E-state index in [1.165, 1.54) is 0 Å². The molecule has 1 fully saturated rings. The maximum atomic E-state index is 12.0. The topological polar surface area (TPSA) is 61.4 Å². The molecule has 1 aromatic rings. The van der Waals surface area contributed by atoms with Gasteiger partial charge in [-0.3, -0.25) is 4.79 Å². The van der Waals surface area contributed by atoms with Crippen molar-refractivity contribution in [3.8, 4) is 0 Å². The minimum atomic E-state index is -0.0914. The molecule has 1 amide bonds. The largest absolute Gasteiger partial charge is 0.392 e. The fourth-order valence-electron chi connectivity index (χ4n) is 2.23. The molecular weight excluding hydrogens is 228 g/mol. The lowest BCUT2D eigenvalue weighted by molar-refractivity contribution is -0.119. The maximum absolute atomic E-state index is 12.0. The van der Waals surface area contributed by atoms with Crippen LogP contribution in [-0.2, 0) is 11.4 Å². The van der Waals surface area contributed by atoms with E-state index in [0.717, 1.165) is 30.6 Å². The van der Waals surface area contributed by atoms with Gasteiger partial charge in [0, 0.05) is 5.69 Å². The molecule has 3 N–H and O–H groups in total. The van der Waals surface area contributed by atoms with E-state index in [0.29, 0.717) is 5.92 Å². The average molecular weight is 248 g/mol. The van der Waals surface area contributed by atoms with Gasteiger partial charge in [-0.25, -0.2) is 0 Å². The number of amides is 1. The van der Waals surface area contributed by atoms with Gasteiger partial charge in [-0.2, -0.15) is 0 Å². The zero-order chi connectivity index (χ0) is 13.0. The highest BCUT2D eigenvalue weighted by atomic mass is 16.3. The second-order valence-corrected chi connectivity index (χ2v) is 4.98. The Morgan fingerprint density at radius 2 is 2.17 bits per heavy atom. The lowest BCUT2D eigenvalue weighted by atomic mass is 9.94. The molecule has 0 saturated carbocycles. The summed E-state index contributed by atoms with van der Waals surface area (Å²) in [6.07, 6.45) is 2.02. The Bertz CT molecular complexity index is 403. The minimum Gasteiger partial charge on any atom is -0.392 e. The SMILES string of the molecule is CC1CCNC(C(=O)Nc2ccc(CO)cc2)C1. The van der Waals surface area contributed by atoms with E-state index < -0.39 is 0 Å². The Balaban J connectivity index is 1.93. The highest BCUT2D eigenvalue weighted by molar-refractivity contribution is 5.94. The lowest BCUT2D eigenvalue weighted by Crippen LogP contribution is -2.45. The molecule has 98 valence electrons. The molecule has 4 heteroatoms. The van der Waals surface area contributed by atoms with Gasteiger partial charge in [0.05, 0.1) is 12.6 Å². The zero-order valence-electron chi connectivity index (χ0n) is 10.6. The van der Waals surface area contributed by atoms with Crippen LogP contribution in [0.1, 0.15) is 25.3 Å². The third-order valence-electron chi connectivity index (χ3n) is 3.39. The van der Waals surface area contributed by atoms with Crippen LogP contribution in [0.15, 0.2) is 24.3 Å². The van der Waals surface area contributed by atoms with Gasteiger partial charge in [0.25, 0.3) is 0 Å². The van der Waals surface area contributed by atoms with Crippen molar-refractivity contribution in [1.29, 1.82) is 0 Å². The highest BCUT2D eigenvalue weighted by Gasteiger charge is 2.24. The third-order valence-corrected chi connectivity index (χ3v) is 3.39. The van der Waals surface area contributed by atoms with Crippen molar-refractivity contribution in [1.82, 2.24) is 5.32 Å². The Morgan fingerprint density at radius 3 is 2.78 bits per heavy atom. The highest BCUT2D eigenvalue weighted by Crippen LogP contribution is 2.17. The van der Waals surface area contributed by atoms with Crippen LogP contribution in [-0.4, -0.2) is 23.6 Å². The molecule has 2 rings (SSSR count). The summed E-state index contributed by atoms with van der Waals surface area (Å²) in [6.45, 7) is 3.11. The van der Waals surface area contributed by atoms with Crippen LogP contribution in [0.25, 0.3) is 0 Å². The average Bonchev–Trinajstić information content (AvgIpc) is 2.39. The fraction of sp³-hybridized carbons (Fsp3) is 0.500. The molecule has 2 atom stereocenters. The van der Waals surface area contributed by atoms with E-state index in [2.05, 4.69) is 17.6 Å². The van der Waals surface area contributed by atoms with E-state index in [1.54, 1.807) is 0 Å². The van der Waals surface area contributed by atoms with Crippen molar-refractivity contribution >= 4 is 11.6 Å². The summed E-state index contributed by atoms with van der Waals surface area (Å²) < 4.78 is 0. The minimum absolute atomic E-state index is 0.0237. The molecule has 4 nitrogen and oxygen atoms in total. The smallest absolute Gasteiger partial charge is 0.241 e. The second-order valence-electron chi connectivity index (χ2n) is 4.98. The quantitative estimate of drug-likeness (QED) is 0.759. The van der Waals surface area contributed by atoms with Crippen molar-refractivity contribution in [2.45, 2.75) is 32.4 Å². The number of carbonyl (C=O) groups excluding carboxylic acids is 1. The Morgan fingerprint density at radius 1 is 1.44 bits per heavy atom. The summed E-state index contributed by atoms with van der Waals surface area (Å²) in [4.78, 5) is 12.0. The van der Waals surface area contributed by atoms with Gasteiger partial charge in [0.1, 0.15) is 0 Å². The van der Waals surface area contributed by atoms with Crippen molar-refractivity contribution in [3.05, 3.63) is 29.8 Å². The van der Waals surface area contributed by atoms with Crippen LogP contribution in [0.5, 0.6) is 0 Å². The standard InChI is InChI=1S/C14H20N2O2/c1-10-6-7-15-13(8-10)14(18)16-12-4-2-11(9-17)3-5-12/h2-5,10,13,15,17H,6-9H2,1H3,(H,16,18). The zero-order valence-corrected chi connectivity index (χ0v) is 10.6. The first-order chi connectivity index (χ1) is 8.69. The molecule has 18 heavy (non-hydrogen) atoms. The molecule has 0 bridgehead atoms. The van der Waals surface area contributed by atoms with Crippen LogP contribution in [0, 0.1) is 5.92 Å². The van der Waals surface area contributed by atoms with Crippen molar-refractivity contribution < 1.29 is 9.90 Å². The Kier molecular flexibility index (Phi) is 4.33. The first-order valence-corrected chi connectivity index (χ1v) is 6.43. The van der Waals surface area contributed by atoms with E-state index in [1.807, 2.05) is 24.3 Å². The van der Waals surface area contributed by atoms with Gasteiger partial charge < -0.3 is 15.7 Å². The summed E-state index contributed by atoms with van der Waals surface area (Å²) in [5, 5.41) is 15.1. The summed E-state index contributed by atoms with van der Waals surface area (Å²) in [7, 11) is 0. The van der Waals surface area contributed by atoms with Gasteiger partial charge in [0.15, 0.2) is 0 Å². The summed E-state index contributed by atoms with van der Waals surface area (Å²) in [5.74, 6) is 0.622. The molecule has 2 unspecified atom stereocenters. The summed E-state index contributed by atoms with van der Waals surface area (Å²) in [6, 6.07) is 7.16. The number of piperidine rings is 1.